The zero-order valence-corrected chi connectivity index (χ0v) is 20.1. The van der Waals surface area contributed by atoms with Crippen molar-refractivity contribution >= 4 is 44.7 Å². The Morgan fingerprint density at radius 1 is 1.22 bits per heavy atom. The molecule has 32 heavy (non-hydrogen) atoms. The molecule has 1 heterocycles. The molecule has 3 aromatic rings. The minimum Gasteiger partial charge on any atom is -0.479 e. The van der Waals surface area contributed by atoms with E-state index in [4.69, 9.17) is 4.74 Å². The third kappa shape index (κ3) is 4.99. The molecule has 0 aliphatic rings. The van der Waals surface area contributed by atoms with Crippen molar-refractivity contribution in [3.63, 3.8) is 0 Å². The molecule has 0 saturated heterocycles. The second-order valence-electron chi connectivity index (χ2n) is 7.86. The zero-order chi connectivity index (χ0) is 23.6. The summed E-state index contributed by atoms with van der Waals surface area (Å²) in [5, 5.41) is 14.1. The second kappa shape index (κ2) is 9.52. The lowest BCUT2D eigenvalue weighted by Crippen LogP contribution is -2.24. The lowest BCUT2D eigenvalue weighted by Gasteiger charge is -2.18. The number of carboxylic acid groups (broad SMARTS) is 1. The predicted octanol–water partition coefficient (Wildman–Crippen LogP) is 4.08. The molecular weight excluding hydrogens is 476 g/mol. The summed E-state index contributed by atoms with van der Waals surface area (Å²) in [4.78, 5) is 31.0. The molecule has 2 aromatic carbocycles. The van der Waals surface area contributed by atoms with E-state index in [0.29, 0.717) is 28.0 Å². The van der Waals surface area contributed by atoms with Gasteiger partial charge in [-0.2, -0.15) is 9.78 Å². The maximum Gasteiger partial charge on any atom is 0.344 e. The Morgan fingerprint density at radius 3 is 2.56 bits per heavy atom. The lowest BCUT2D eigenvalue weighted by molar-refractivity contribution is -0.144. The van der Waals surface area contributed by atoms with Crippen LogP contribution < -0.4 is 15.2 Å². The van der Waals surface area contributed by atoms with Crippen molar-refractivity contribution in [1.82, 2.24) is 9.66 Å². The van der Waals surface area contributed by atoms with E-state index in [2.05, 4.69) is 26.0 Å². The fourth-order valence-corrected chi connectivity index (χ4v) is 3.38. The number of hydrogen-bond acceptors (Lipinski definition) is 6. The Hall–Kier alpha value is -3.20. The van der Waals surface area contributed by atoms with Gasteiger partial charge < -0.3 is 14.7 Å². The van der Waals surface area contributed by atoms with E-state index in [9.17, 15) is 14.7 Å². The number of aliphatic carboxylic acids is 1. The molecule has 0 bridgehead atoms. The number of carboxylic acids is 1. The first kappa shape index (κ1) is 23.5. The SMILES string of the molecule is CC(C)c1nc2ccc(Br)cc2c(=O)n1N=Cc1ccc(N(C)C)cc1O[C@@H](C)C(=O)O. The van der Waals surface area contributed by atoms with E-state index in [0.717, 1.165) is 10.2 Å². The molecule has 168 valence electrons. The zero-order valence-electron chi connectivity index (χ0n) is 18.5. The van der Waals surface area contributed by atoms with Crippen LogP contribution in [0.4, 0.5) is 5.69 Å². The third-order valence-corrected chi connectivity index (χ3v) is 5.32. The van der Waals surface area contributed by atoms with Crippen molar-refractivity contribution in [2.45, 2.75) is 32.8 Å². The highest BCUT2D eigenvalue weighted by molar-refractivity contribution is 9.10. The molecule has 0 aliphatic heterocycles. The number of aromatic nitrogens is 2. The van der Waals surface area contributed by atoms with Crippen LogP contribution in [0.2, 0.25) is 0 Å². The van der Waals surface area contributed by atoms with E-state index < -0.39 is 12.1 Å². The number of rotatable bonds is 7. The van der Waals surface area contributed by atoms with Crippen LogP contribution in [-0.2, 0) is 4.79 Å². The van der Waals surface area contributed by atoms with Crippen LogP contribution in [0.5, 0.6) is 5.75 Å². The van der Waals surface area contributed by atoms with Gasteiger partial charge in [0.25, 0.3) is 5.56 Å². The van der Waals surface area contributed by atoms with E-state index in [1.165, 1.54) is 17.8 Å². The first-order valence-corrected chi connectivity index (χ1v) is 10.8. The van der Waals surface area contributed by atoms with Crippen molar-refractivity contribution < 1.29 is 14.6 Å². The number of nitrogens with zero attached hydrogens (tertiary/aromatic N) is 4. The van der Waals surface area contributed by atoms with Crippen LogP contribution in [0.25, 0.3) is 10.9 Å². The minimum absolute atomic E-state index is 0.0493. The molecular formula is C23H25BrN4O4. The Morgan fingerprint density at radius 2 is 1.94 bits per heavy atom. The van der Waals surface area contributed by atoms with E-state index >= 15 is 0 Å². The van der Waals surface area contributed by atoms with Crippen LogP contribution in [-0.4, -0.2) is 47.1 Å². The van der Waals surface area contributed by atoms with Crippen molar-refractivity contribution in [2.75, 3.05) is 19.0 Å². The Labute approximate surface area is 194 Å². The Kier molecular flexibility index (Phi) is 6.98. The molecule has 0 fully saturated rings. The largest absolute Gasteiger partial charge is 0.479 e. The fraction of sp³-hybridized carbons (Fsp3) is 0.304. The topological polar surface area (TPSA) is 97.0 Å². The first-order chi connectivity index (χ1) is 15.1. The van der Waals surface area contributed by atoms with Gasteiger partial charge in [-0.05, 0) is 37.3 Å². The highest BCUT2D eigenvalue weighted by Crippen LogP contribution is 2.25. The van der Waals surface area contributed by atoms with Gasteiger partial charge in [0.1, 0.15) is 11.6 Å². The van der Waals surface area contributed by atoms with Gasteiger partial charge in [0.15, 0.2) is 6.10 Å². The summed E-state index contributed by atoms with van der Waals surface area (Å²) in [5.41, 5.74) is 1.69. The normalized spacial score (nSPS) is 12.5. The molecule has 0 radical (unpaired) electrons. The first-order valence-electron chi connectivity index (χ1n) is 10.1. The summed E-state index contributed by atoms with van der Waals surface area (Å²) in [7, 11) is 3.75. The average molecular weight is 501 g/mol. The fourth-order valence-electron chi connectivity index (χ4n) is 3.02. The maximum atomic E-state index is 13.2. The van der Waals surface area contributed by atoms with Crippen LogP contribution in [0, 0.1) is 0 Å². The standard InChI is InChI=1S/C23H25BrN4O4/c1-13(2)21-26-19-9-7-16(24)10-18(19)22(29)28(21)25-12-15-6-8-17(27(4)5)11-20(15)32-14(3)23(30)31/h6-14H,1-5H3,(H,30,31)/t14-/m0/s1. The molecule has 8 nitrogen and oxygen atoms in total. The van der Waals surface area contributed by atoms with Crippen LogP contribution in [0.3, 0.4) is 0 Å². The molecule has 0 amide bonds. The lowest BCUT2D eigenvalue weighted by atomic mass is 10.1. The quantitative estimate of drug-likeness (QED) is 0.490. The molecule has 0 unspecified atom stereocenters. The number of ether oxygens (including phenoxy) is 1. The molecule has 3 rings (SSSR count). The molecule has 1 N–H and O–H groups in total. The van der Waals surface area contributed by atoms with Gasteiger partial charge in [0, 0.05) is 41.8 Å². The van der Waals surface area contributed by atoms with Crippen molar-refractivity contribution in [3.8, 4) is 5.75 Å². The van der Waals surface area contributed by atoms with Gasteiger partial charge in [-0.1, -0.05) is 29.8 Å². The maximum absolute atomic E-state index is 13.2. The van der Waals surface area contributed by atoms with E-state index in [1.807, 2.05) is 45.0 Å². The molecule has 0 saturated carbocycles. The second-order valence-corrected chi connectivity index (χ2v) is 8.78. The molecule has 0 aliphatic carbocycles. The summed E-state index contributed by atoms with van der Waals surface area (Å²) >= 11 is 3.39. The summed E-state index contributed by atoms with van der Waals surface area (Å²) in [5.74, 6) is -0.254. The third-order valence-electron chi connectivity index (χ3n) is 4.83. The van der Waals surface area contributed by atoms with Crippen molar-refractivity contribution in [2.24, 2.45) is 5.10 Å². The molecule has 0 spiro atoms. The van der Waals surface area contributed by atoms with Gasteiger partial charge >= 0.3 is 5.97 Å². The number of halogens is 1. The smallest absolute Gasteiger partial charge is 0.344 e. The van der Waals surface area contributed by atoms with E-state index in [1.54, 1.807) is 24.3 Å². The number of carbonyl (C=O) groups is 1. The summed E-state index contributed by atoms with van der Waals surface area (Å²) in [6, 6.07) is 10.7. The number of benzene rings is 2. The van der Waals surface area contributed by atoms with Gasteiger partial charge in [-0.25, -0.2) is 9.78 Å². The highest BCUT2D eigenvalue weighted by Gasteiger charge is 2.17. The summed E-state index contributed by atoms with van der Waals surface area (Å²) in [6.07, 6.45) is 0.440. The monoisotopic (exact) mass is 500 g/mol. The Bertz CT molecular complexity index is 1250. The number of anilines is 1. The Balaban J connectivity index is 2.14. The van der Waals surface area contributed by atoms with Crippen molar-refractivity contribution in [1.29, 1.82) is 0 Å². The van der Waals surface area contributed by atoms with Gasteiger partial charge in [0.05, 0.1) is 17.1 Å². The number of fused-ring (bicyclic) bond motifs is 1. The molecule has 1 atom stereocenters. The van der Waals surface area contributed by atoms with Gasteiger partial charge in [-0.15, -0.1) is 0 Å². The van der Waals surface area contributed by atoms with Crippen molar-refractivity contribution in [3.05, 3.63) is 62.6 Å². The van der Waals surface area contributed by atoms with Gasteiger partial charge in [-0.3, -0.25) is 4.79 Å². The number of hydrogen-bond donors (Lipinski definition) is 1. The highest BCUT2D eigenvalue weighted by atomic mass is 79.9. The molecule has 1 aromatic heterocycles. The predicted molar refractivity (Wildman–Crippen MR) is 129 cm³/mol. The summed E-state index contributed by atoms with van der Waals surface area (Å²) in [6.45, 7) is 5.33. The van der Waals surface area contributed by atoms with Gasteiger partial charge in [0.2, 0.25) is 0 Å². The summed E-state index contributed by atoms with van der Waals surface area (Å²) < 4.78 is 7.71. The van der Waals surface area contributed by atoms with Crippen LogP contribution in [0.15, 0.2) is 50.8 Å². The minimum atomic E-state index is -1.08. The average Bonchev–Trinajstić information content (AvgIpc) is 2.73. The van der Waals surface area contributed by atoms with E-state index in [-0.39, 0.29) is 11.5 Å². The molecule has 9 heteroatoms. The van der Waals surface area contributed by atoms with Crippen LogP contribution in [0.1, 0.15) is 38.1 Å². The van der Waals surface area contributed by atoms with Crippen LogP contribution >= 0.6 is 15.9 Å².